The summed E-state index contributed by atoms with van der Waals surface area (Å²) in [7, 11) is 5.19. The average molecular weight is 411 g/mol. The van der Waals surface area contributed by atoms with Crippen molar-refractivity contribution in [1.82, 2.24) is 0 Å². The molecule has 26 heavy (non-hydrogen) atoms. The van der Waals surface area contributed by atoms with Crippen LogP contribution in [0.25, 0.3) is 0 Å². The molecule has 0 aliphatic rings. The highest BCUT2D eigenvalue weighted by atomic mass is 28.1. The van der Waals surface area contributed by atoms with Crippen LogP contribution in [0.2, 0.25) is 0 Å². The predicted octanol–water partition coefficient (Wildman–Crippen LogP) is 0.101. The molecule has 10 heteroatoms. The zero-order valence-corrected chi connectivity index (χ0v) is 21.7. The summed E-state index contributed by atoms with van der Waals surface area (Å²) in [5, 5.41) is 0. The van der Waals surface area contributed by atoms with Gasteiger partial charge in [-0.15, -0.1) is 0 Å². The Bertz CT molecular complexity index is 309. The monoisotopic (exact) mass is 410 g/mol. The summed E-state index contributed by atoms with van der Waals surface area (Å²) in [6.07, 6.45) is 4.74. The third-order valence-corrected chi connectivity index (χ3v) is 3.88. The topological polar surface area (TPSA) is 95.8 Å². The maximum absolute atomic E-state index is 9.27. The molecule has 0 fully saturated rings. The van der Waals surface area contributed by atoms with Crippen molar-refractivity contribution in [3.05, 3.63) is 0 Å². The predicted molar refractivity (Wildman–Crippen MR) is 111 cm³/mol. The lowest BCUT2D eigenvalue weighted by molar-refractivity contribution is -0.0801. The standard InChI is InChI=1S/C5H14O2Si.2C4H7NO.C3H10O2Si/c1-3-6-5(8)7-4-2;2*1-2-3-5-4-6;1-4-3(6)5-2/h5H,3-4H2,1-2,8H3;2*2-3H2,1H3;3H,1-2,6H3. The zero-order valence-electron chi connectivity index (χ0n) is 17.7. The summed E-state index contributed by atoms with van der Waals surface area (Å²) in [4.78, 5) is 25.1. The van der Waals surface area contributed by atoms with E-state index in [0.29, 0.717) is 13.1 Å². The molecule has 0 heterocycles. The second kappa shape index (κ2) is 35.2. The van der Waals surface area contributed by atoms with E-state index in [0.717, 1.165) is 46.5 Å². The fraction of sp³-hybridized carbons (Fsp3) is 0.875. The Morgan fingerprint density at radius 2 is 1.12 bits per heavy atom. The molecule has 0 saturated heterocycles. The molecule has 0 unspecified atom stereocenters. The largest absolute Gasteiger partial charge is 0.361 e. The van der Waals surface area contributed by atoms with Crippen LogP contribution >= 0.6 is 0 Å². The lowest BCUT2D eigenvalue weighted by Gasteiger charge is -2.09. The molecule has 0 N–H and O–H groups in total. The molecule has 8 nitrogen and oxygen atoms in total. The highest BCUT2D eigenvalue weighted by Gasteiger charge is 1.94. The van der Waals surface area contributed by atoms with E-state index < -0.39 is 0 Å². The first-order valence-electron chi connectivity index (χ1n) is 8.81. The molecular formula is C16H38N2O6Si2. The van der Waals surface area contributed by atoms with Crippen molar-refractivity contribution in [2.45, 2.75) is 52.4 Å². The van der Waals surface area contributed by atoms with Gasteiger partial charge < -0.3 is 18.9 Å². The highest BCUT2D eigenvalue weighted by molar-refractivity contribution is 6.10. The molecule has 0 saturated carbocycles. The number of rotatable bonds is 10. The maximum Gasteiger partial charge on any atom is 0.234 e. The van der Waals surface area contributed by atoms with Gasteiger partial charge in [-0.2, -0.15) is 0 Å². The van der Waals surface area contributed by atoms with Crippen molar-refractivity contribution in [3.8, 4) is 0 Å². The zero-order chi connectivity index (χ0) is 21.1. The molecule has 0 aromatic rings. The minimum atomic E-state index is 0.0741. The van der Waals surface area contributed by atoms with E-state index in [9.17, 15) is 9.59 Å². The number of carbonyl (C=O) groups excluding carboxylic acids is 2. The summed E-state index contributed by atoms with van der Waals surface area (Å²) in [6, 6.07) is 0. The summed E-state index contributed by atoms with van der Waals surface area (Å²) < 4.78 is 19.7. The van der Waals surface area contributed by atoms with E-state index >= 15 is 0 Å². The summed E-state index contributed by atoms with van der Waals surface area (Å²) >= 11 is 0. The fourth-order valence-electron chi connectivity index (χ4n) is 0.929. The Labute approximate surface area is 164 Å². The highest BCUT2D eigenvalue weighted by Crippen LogP contribution is 1.86. The lowest BCUT2D eigenvalue weighted by Crippen LogP contribution is -2.16. The molecule has 0 rings (SSSR count). The van der Waals surface area contributed by atoms with E-state index in [2.05, 4.69) is 9.98 Å². The van der Waals surface area contributed by atoms with Gasteiger partial charge >= 0.3 is 0 Å². The number of hydrogen-bond acceptors (Lipinski definition) is 8. The van der Waals surface area contributed by atoms with Crippen LogP contribution < -0.4 is 0 Å². The van der Waals surface area contributed by atoms with Crippen molar-refractivity contribution < 1.29 is 28.5 Å². The molecule has 0 amide bonds. The molecule has 0 radical (unpaired) electrons. The summed E-state index contributed by atoms with van der Waals surface area (Å²) in [6.45, 7) is 10.6. The van der Waals surface area contributed by atoms with Gasteiger partial charge in [0.15, 0.2) is 0 Å². The van der Waals surface area contributed by atoms with Crippen LogP contribution in [0.3, 0.4) is 0 Å². The molecule has 0 atom stereocenters. The number of ether oxygens (including phenoxy) is 4. The van der Waals surface area contributed by atoms with E-state index in [1.165, 1.54) is 12.2 Å². The van der Waals surface area contributed by atoms with Crippen LogP contribution in [0.5, 0.6) is 0 Å². The molecule has 0 aromatic heterocycles. The molecular weight excluding hydrogens is 372 g/mol. The Hall–Kier alpha value is -0.966. The molecule has 0 aliphatic heterocycles. The first kappa shape index (κ1) is 32.7. The SMILES string of the molecule is CCCN=C=O.CCCN=C=O.CCOC([SiH3])OCC.COC([SiH3])OC. The van der Waals surface area contributed by atoms with Crippen LogP contribution in [0.1, 0.15) is 40.5 Å². The first-order valence-corrected chi connectivity index (χ1v) is 11.1. The van der Waals surface area contributed by atoms with Crippen molar-refractivity contribution in [2.75, 3.05) is 40.5 Å². The van der Waals surface area contributed by atoms with Gasteiger partial charge in [0.05, 0.1) is 33.6 Å². The number of aliphatic imine (C=N–C) groups is 2. The van der Waals surface area contributed by atoms with Crippen molar-refractivity contribution in [1.29, 1.82) is 0 Å². The van der Waals surface area contributed by atoms with E-state index in [-0.39, 0.29) is 11.8 Å². The van der Waals surface area contributed by atoms with Crippen LogP contribution in [0.15, 0.2) is 9.98 Å². The second-order valence-electron chi connectivity index (χ2n) is 4.46. The van der Waals surface area contributed by atoms with Crippen molar-refractivity contribution >= 4 is 32.6 Å². The normalized spacial score (nSPS) is 8.92. The first-order chi connectivity index (χ1) is 12.4. The smallest absolute Gasteiger partial charge is 0.234 e. The number of hydrogen-bond donors (Lipinski definition) is 0. The third-order valence-electron chi connectivity index (χ3n) is 2.27. The van der Waals surface area contributed by atoms with Gasteiger partial charge in [0.2, 0.25) is 12.2 Å². The quantitative estimate of drug-likeness (QED) is 0.219. The average Bonchev–Trinajstić information content (AvgIpc) is 2.66. The van der Waals surface area contributed by atoms with Gasteiger partial charge in [0.25, 0.3) is 0 Å². The Kier molecular flexibility index (Phi) is 44.2. The number of methoxy groups -OCH3 is 2. The Balaban J connectivity index is -0.000000125. The molecule has 0 spiro atoms. The van der Waals surface area contributed by atoms with Gasteiger partial charge in [-0.3, -0.25) is 0 Å². The molecule has 0 bridgehead atoms. The van der Waals surface area contributed by atoms with Crippen LogP contribution in [0, 0.1) is 0 Å². The van der Waals surface area contributed by atoms with E-state index in [1.54, 1.807) is 14.2 Å². The van der Waals surface area contributed by atoms with Crippen molar-refractivity contribution in [3.63, 3.8) is 0 Å². The van der Waals surface area contributed by atoms with Gasteiger partial charge in [-0.25, -0.2) is 19.6 Å². The van der Waals surface area contributed by atoms with Gasteiger partial charge in [0.1, 0.15) is 11.8 Å². The van der Waals surface area contributed by atoms with E-state index in [1.807, 2.05) is 27.7 Å². The lowest BCUT2D eigenvalue weighted by atomic mass is 10.5. The summed E-state index contributed by atoms with van der Waals surface area (Å²) in [5.41, 5.74) is 0. The Morgan fingerprint density at radius 1 is 0.769 bits per heavy atom. The van der Waals surface area contributed by atoms with Gasteiger partial charge in [-0.05, 0) is 26.7 Å². The Morgan fingerprint density at radius 3 is 1.23 bits per heavy atom. The van der Waals surface area contributed by atoms with Crippen molar-refractivity contribution in [2.24, 2.45) is 9.98 Å². The minimum absolute atomic E-state index is 0.0741. The molecule has 0 aromatic carbocycles. The van der Waals surface area contributed by atoms with Crippen LogP contribution in [-0.2, 0) is 28.5 Å². The fourth-order valence-corrected chi connectivity index (χ4v) is 1.60. The minimum Gasteiger partial charge on any atom is -0.361 e. The van der Waals surface area contributed by atoms with Gasteiger partial charge in [-0.1, -0.05) is 13.8 Å². The second-order valence-corrected chi connectivity index (χ2v) is 6.35. The number of nitrogens with zero attached hydrogens (tertiary/aromatic N) is 2. The molecule has 156 valence electrons. The maximum atomic E-state index is 9.27. The van der Waals surface area contributed by atoms with Gasteiger partial charge in [0, 0.05) is 27.4 Å². The molecule has 0 aliphatic carbocycles. The third kappa shape index (κ3) is 49.5. The summed E-state index contributed by atoms with van der Waals surface area (Å²) in [5.74, 6) is 0.176. The van der Waals surface area contributed by atoms with E-state index in [4.69, 9.17) is 18.9 Å². The van der Waals surface area contributed by atoms with Crippen LogP contribution in [0.4, 0.5) is 0 Å². The van der Waals surface area contributed by atoms with Crippen LogP contribution in [-0.4, -0.2) is 85.0 Å². The number of isocyanates is 2.